The summed E-state index contributed by atoms with van der Waals surface area (Å²) in [5.74, 6) is 0.0414. The average Bonchev–Trinajstić information content (AvgIpc) is 2.30. The number of rotatable bonds is 2. The van der Waals surface area contributed by atoms with Gasteiger partial charge < -0.3 is 10.6 Å². The summed E-state index contributed by atoms with van der Waals surface area (Å²) in [7, 11) is 0. The third-order valence-corrected chi connectivity index (χ3v) is 2.99. The third kappa shape index (κ3) is 4.02. The number of carbonyl (C=O) groups is 1. The molecule has 0 aromatic heterocycles. The molecule has 0 radical (unpaired) electrons. The Hall–Kier alpha value is -1.06. The van der Waals surface area contributed by atoms with Crippen molar-refractivity contribution in [2.45, 2.75) is 31.8 Å². The molecular formula is C13H19ClN2O. The Kier molecular flexibility index (Phi) is 5.45. The van der Waals surface area contributed by atoms with Gasteiger partial charge in [-0.25, -0.2) is 0 Å². The minimum absolute atomic E-state index is 0. The molecule has 2 unspecified atom stereocenters. The van der Waals surface area contributed by atoms with Crippen LogP contribution in [-0.4, -0.2) is 24.5 Å². The van der Waals surface area contributed by atoms with Gasteiger partial charge in [-0.3, -0.25) is 4.79 Å². The zero-order valence-electron chi connectivity index (χ0n) is 9.98. The van der Waals surface area contributed by atoms with E-state index in [2.05, 4.69) is 17.6 Å². The lowest BCUT2D eigenvalue weighted by Crippen LogP contribution is -2.46. The van der Waals surface area contributed by atoms with Crippen LogP contribution >= 0.6 is 12.4 Å². The topological polar surface area (TPSA) is 41.1 Å². The molecule has 4 heteroatoms. The highest BCUT2D eigenvalue weighted by Gasteiger charge is 2.20. The van der Waals surface area contributed by atoms with Crippen molar-refractivity contribution in [3.8, 4) is 0 Å². The lowest BCUT2D eigenvalue weighted by atomic mass is 10.0. The highest BCUT2D eigenvalue weighted by molar-refractivity contribution is 5.94. The number of benzene rings is 1. The Morgan fingerprint density at radius 3 is 2.71 bits per heavy atom. The molecule has 0 saturated carbocycles. The highest BCUT2D eigenvalue weighted by atomic mass is 35.5. The van der Waals surface area contributed by atoms with Crippen molar-refractivity contribution < 1.29 is 4.79 Å². The molecule has 1 saturated heterocycles. The smallest absolute Gasteiger partial charge is 0.251 e. The van der Waals surface area contributed by atoms with Gasteiger partial charge in [0.15, 0.2) is 0 Å². The quantitative estimate of drug-likeness (QED) is 0.848. The minimum Gasteiger partial charge on any atom is -0.349 e. The molecule has 1 aromatic carbocycles. The first-order chi connectivity index (χ1) is 7.75. The average molecular weight is 255 g/mol. The summed E-state index contributed by atoms with van der Waals surface area (Å²) >= 11 is 0. The lowest BCUT2D eigenvalue weighted by Gasteiger charge is -2.28. The van der Waals surface area contributed by atoms with E-state index in [4.69, 9.17) is 0 Å². The number of hydrogen-bond acceptors (Lipinski definition) is 2. The van der Waals surface area contributed by atoms with E-state index < -0.39 is 0 Å². The fraction of sp³-hybridized carbons (Fsp3) is 0.462. The van der Waals surface area contributed by atoms with Crippen LogP contribution in [0.15, 0.2) is 30.3 Å². The molecule has 2 rings (SSSR count). The van der Waals surface area contributed by atoms with Crippen LogP contribution in [0.1, 0.15) is 30.1 Å². The van der Waals surface area contributed by atoms with Crippen molar-refractivity contribution in [2.75, 3.05) is 6.54 Å². The Bertz CT molecular complexity index is 356. The summed E-state index contributed by atoms with van der Waals surface area (Å²) in [4.78, 5) is 11.9. The molecule has 1 aliphatic heterocycles. The summed E-state index contributed by atoms with van der Waals surface area (Å²) in [5, 5.41) is 6.46. The van der Waals surface area contributed by atoms with Gasteiger partial charge in [0.1, 0.15) is 0 Å². The van der Waals surface area contributed by atoms with Crippen LogP contribution < -0.4 is 10.6 Å². The summed E-state index contributed by atoms with van der Waals surface area (Å²) in [5.41, 5.74) is 0.744. The van der Waals surface area contributed by atoms with Crippen LogP contribution in [0.3, 0.4) is 0 Å². The molecule has 1 aliphatic rings. The van der Waals surface area contributed by atoms with Gasteiger partial charge in [0.25, 0.3) is 5.91 Å². The molecule has 0 spiro atoms. The molecule has 2 atom stereocenters. The number of amides is 1. The largest absolute Gasteiger partial charge is 0.349 e. The fourth-order valence-corrected chi connectivity index (χ4v) is 2.12. The van der Waals surface area contributed by atoms with Gasteiger partial charge in [0.05, 0.1) is 0 Å². The Morgan fingerprint density at radius 1 is 1.35 bits per heavy atom. The minimum atomic E-state index is 0. The van der Waals surface area contributed by atoms with Gasteiger partial charge in [-0.15, -0.1) is 12.4 Å². The van der Waals surface area contributed by atoms with Crippen molar-refractivity contribution >= 4 is 18.3 Å². The van der Waals surface area contributed by atoms with Crippen molar-refractivity contribution in [1.82, 2.24) is 10.6 Å². The van der Waals surface area contributed by atoms with Crippen molar-refractivity contribution in [2.24, 2.45) is 0 Å². The first kappa shape index (κ1) is 14.0. The summed E-state index contributed by atoms with van der Waals surface area (Å²) in [6.07, 6.45) is 2.03. The number of piperidine rings is 1. The van der Waals surface area contributed by atoms with Crippen LogP contribution in [0.25, 0.3) is 0 Å². The van der Waals surface area contributed by atoms with E-state index in [1.54, 1.807) is 0 Å². The number of nitrogens with one attached hydrogen (secondary N) is 2. The summed E-state index contributed by atoms with van der Waals surface area (Å²) < 4.78 is 0. The maximum Gasteiger partial charge on any atom is 0.251 e. The van der Waals surface area contributed by atoms with E-state index in [-0.39, 0.29) is 18.3 Å². The normalized spacial score (nSPS) is 23.6. The van der Waals surface area contributed by atoms with Gasteiger partial charge in [-0.05, 0) is 38.4 Å². The summed E-state index contributed by atoms with van der Waals surface area (Å²) in [6, 6.07) is 10.2. The first-order valence-electron chi connectivity index (χ1n) is 5.85. The second-order valence-electron chi connectivity index (χ2n) is 4.42. The monoisotopic (exact) mass is 254 g/mol. The van der Waals surface area contributed by atoms with E-state index in [1.807, 2.05) is 30.3 Å². The molecule has 1 aromatic rings. The standard InChI is InChI=1S/C13H18N2O.ClH/c1-10-9-12(7-8-14-10)15-13(16)11-5-3-2-4-6-11;/h2-6,10,12,14H,7-9H2,1H3,(H,15,16);1H. The molecule has 2 N–H and O–H groups in total. The predicted octanol–water partition coefficient (Wildman–Crippen LogP) is 1.98. The van der Waals surface area contributed by atoms with E-state index >= 15 is 0 Å². The second kappa shape index (κ2) is 6.62. The van der Waals surface area contributed by atoms with Crippen molar-refractivity contribution in [3.05, 3.63) is 35.9 Å². The molecule has 0 bridgehead atoms. The van der Waals surface area contributed by atoms with Gasteiger partial charge in [0.2, 0.25) is 0 Å². The molecule has 1 heterocycles. The number of halogens is 1. The Labute approximate surface area is 108 Å². The molecule has 3 nitrogen and oxygen atoms in total. The Morgan fingerprint density at radius 2 is 2.06 bits per heavy atom. The van der Waals surface area contributed by atoms with Crippen LogP contribution in [-0.2, 0) is 0 Å². The van der Waals surface area contributed by atoms with Gasteiger partial charge in [0, 0.05) is 17.6 Å². The molecule has 94 valence electrons. The van der Waals surface area contributed by atoms with Gasteiger partial charge in [-0.2, -0.15) is 0 Å². The number of hydrogen-bond donors (Lipinski definition) is 2. The maximum atomic E-state index is 11.9. The summed E-state index contributed by atoms with van der Waals surface area (Å²) in [6.45, 7) is 3.14. The Balaban J connectivity index is 0.00000144. The molecule has 17 heavy (non-hydrogen) atoms. The van der Waals surface area contributed by atoms with Crippen molar-refractivity contribution in [3.63, 3.8) is 0 Å². The molecule has 1 amide bonds. The van der Waals surface area contributed by atoms with Crippen LogP contribution in [0.5, 0.6) is 0 Å². The second-order valence-corrected chi connectivity index (χ2v) is 4.42. The van der Waals surface area contributed by atoms with E-state index in [1.165, 1.54) is 0 Å². The first-order valence-corrected chi connectivity index (χ1v) is 5.85. The fourth-order valence-electron chi connectivity index (χ4n) is 2.12. The van der Waals surface area contributed by atoms with Crippen molar-refractivity contribution in [1.29, 1.82) is 0 Å². The number of carbonyl (C=O) groups excluding carboxylic acids is 1. The lowest BCUT2D eigenvalue weighted by molar-refractivity contribution is 0.0925. The van der Waals surface area contributed by atoms with Gasteiger partial charge in [-0.1, -0.05) is 18.2 Å². The molecule has 1 fully saturated rings. The third-order valence-electron chi connectivity index (χ3n) is 2.99. The van der Waals surface area contributed by atoms with E-state index in [9.17, 15) is 4.79 Å². The predicted molar refractivity (Wildman–Crippen MR) is 71.6 cm³/mol. The van der Waals surface area contributed by atoms with E-state index in [0.29, 0.717) is 12.1 Å². The zero-order chi connectivity index (χ0) is 11.4. The zero-order valence-corrected chi connectivity index (χ0v) is 10.8. The molecule has 0 aliphatic carbocycles. The SMILES string of the molecule is CC1CC(NC(=O)c2ccccc2)CCN1.Cl. The van der Waals surface area contributed by atoms with Crippen LogP contribution in [0.4, 0.5) is 0 Å². The highest BCUT2D eigenvalue weighted by Crippen LogP contribution is 2.09. The maximum absolute atomic E-state index is 11.9. The van der Waals surface area contributed by atoms with E-state index in [0.717, 1.165) is 24.9 Å². The van der Waals surface area contributed by atoms with Gasteiger partial charge >= 0.3 is 0 Å². The van der Waals surface area contributed by atoms with Crippen LogP contribution in [0, 0.1) is 0 Å². The molecular weight excluding hydrogens is 236 g/mol. The van der Waals surface area contributed by atoms with Crippen LogP contribution in [0.2, 0.25) is 0 Å².